The Labute approximate surface area is 295 Å². The van der Waals surface area contributed by atoms with Crippen LogP contribution in [0.15, 0.2) is 104 Å². The topological polar surface area (TPSA) is 169 Å². The molecule has 2 aliphatic rings. The standard InChI is InChI=1S/C28H37N3O3.C9H9N3O3S/c1-5-9-23-21-10-8-11-24(32)22(21)13-14-25(23)34-17-7-6-16-28(2,3)19-31-27(33)20-12-15-26(29-4)30-18-20;1-2-8-6-4-3-5-7-9(8)16(10-13,11-14)12-15/h5,12-15,18H,1,6-11,16-17,19H2,2-4H3,(H,29,30)(H,31,33);2-4,6-7H,1,5H2. The van der Waals surface area contributed by atoms with Crippen molar-refractivity contribution in [2.45, 2.75) is 65.2 Å². The summed E-state index contributed by atoms with van der Waals surface area (Å²) in [5.74, 6) is 1.74. The molecule has 1 aromatic heterocycles. The van der Waals surface area contributed by atoms with Crippen LogP contribution in [0, 0.1) is 20.1 Å². The lowest BCUT2D eigenvalue weighted by Gasteiger charge is -2.25. The van der Waals surface area contributed by atoms with Gasteiger partial charge in [-0.15, -0.1) is 21.3 Å². The lowest BCUT2D eigenvalue weighted by Crippen LogP contribution is -2.34. The number of hydrogen-bond acceptors (Lipinski definition) is 11. The highest BCUT2D eigenvalue weighted by atomic mass is 32.3. The van der Waals surface area contributed by atoms with Crippen LogP contribution in [-0.4, -0.2) is 36.9 Å². The van der Waals surface area contributed by atoms with E-state index in [1.165, 1.54) is 12.2 Å². The highest BCUT2D eigenvalue weighted by Crippen LogP contribution is 2.62. The van der Waals surface area contributed by atoms with E-state index < -0.39 is 10.6 Å². The zero-order valence-corrected chi connectivity index (χ0v) is 29.8. The first-order chi connectivity index (χ1) is 24.1. The van der Waals surface area contributed by atoms with E-state index >= 15 is 0 Å². The molecule has 4 rings (SSSR count). The normalized spacial score (nSPS) is 14.3. The second-order valence-corrected chi connectivity index (χ2v) is 14.4. The molecular formula is C37H46N6O6S. The monoisotopic (exact) mass is 702 g/mol. The number of amides is 1. The number of hydrogen-bond donors (Lipinski definition) is 2. The van der Waals surface area contributed by atoms with Gasteiger partial charge < -0.3 is 15.4 Å². The molecule has 13 heteroatoms. The van der Waals surface area contributed by atoms with Gasteiger partial charge in [0.15, 0.2) is 16.4 Å². The summed E-state index contributed by atoms with van der Waals surface area (Å²) < 4.78 is 13.7. The first kappa shape index (κ1) is 39.4. The highest BCUT2D eigenvalue weighted by Gasteiger charge is 2.35. The van der Waals surface area contributed by atoms with Gasteiger partial charge in [0.1, 0.15) is 11.6 Å². The van der Waals surface area contributed by atoms with Crippen LogP contribution in [-0.2, 0) is 12.8 Å². The number of fused-ring (bicyclic) bond motifs is 1. The lowest BCUT2D eigenvalue weighted by atomic mass is 9.86. The third-order valence-corrected chi connectivity index (χ3v) is 9.96. The molecule has 0 bridgehead atoms. The molecule has 2 N–H and O–H groups in total. The summed E-state index contributed by atoms with van der Waals surface area (Å²) in [4.78, 5) is 60.9. The minimum atomic E-state index is -3.41. The maximum absolute atomic E-state index is 12.4. The Balaban J connectivity index is 0.000000354. The third-order valence-electron chi connectivity index (χ3n) is 8.34. The van der Waals surface area contributed by atoms with Gasteiger partial charge in [-0.1, -0.05) is 56.9 Å². The van der Waals surface area contributed by atoms with Crippen molar-refractivity contribution in [1.29, 1.82) is 0 Å². The van der Waals surface area contributed by atoms with Crippen LogP contribution in [0.3, 0.4) is 0 Å². The summed E-state index contributed by atoms with van der Waals surface area (Å²) >= 11 is 0. The molecule has 1 heterocycles. The minimum Gasteiger partial charge on any atom is -0.493 e. The Bertz CT molecular complexity index is 1640. The zero-order chi connectivity index (χ0) is 36.6. The van der Waals surface area contributed by atoms with Gasteiger partial charge in [-0.3, -0.25) is 9.59 Å². The molecule has 0 unspecified atom stereocenters. The highest BCUT2D eigenvalue weighted by molar-refractivity contribution is 8.33. The molecule has 0 saturated carbocycles. The molecule has 2 aliphatic carbocycles. The second kappa shape index (κ2) is 19.2. The maximum atomic E-state index is 12.4. The molecule has 0 saturated heterocycles. The van der Waals surface area contributed by atoms with E-state index in [-0.39, 0.29) is 22.0 Å². The second-order valence-electron chi connectivity index (χ2n) is 12.5. The molecule has 1 aromatic carbocycles. The van der Waals surface area contributed by atoms with Gasteiger partial charge in [0.05, 0.1) is 17.1 Å². The maximum Gasteiger partial charge on any atom is 0.252 e. The first-order valence-corrected chi connectivity index (χ1v) is 18.0. The number of nitroso groups, excluding NO2 is 3. The summed E-state index contributed by atoms with van der Waals surface area (Å²) in [6.07, 6.45) is 18.1. The van der Waals surface area contributed by atoms with Crippen molar-refractivity contribution in [2.75, 3.05) is 25.5 Å². The van der Waals surface area contributed by atoms with E-state index in [2.05, 4.69) is 56.4 Å². The van der Waals surface area contributed by atoms with Gasteiger partial charge in [-0.25, -0.2) is 4.98 Å². The van der Waals surface area contributed by atoms with Gasteiger partial charge >= 0.3 is 0 Å². The number of allylic oxidation sites excluding steroid dienone is 7. The molecule has 1 amide bonds. The van der Waals surface area contributed by atoms with E-state index in [1.807, 2.05) is 18.2 Å². The van der Waals surface area contributed by atoms with Crippen LogP contribution >= 0.6 is 10.6 Å². The van der Waals surface area contributed by atoms with Crippen molar-refractivity contribution >= 4 is 28.1 Å². The number of carbonyl (C=O) groups is 2. The largest absolute Gasteiger partial charge is 0.493 e. The average Bonchev–Trinajstić information content (AvgIpc) is 3.39. The summed E-state index contributed by atoms with van der Waals surface area (Å²) in [5.41, 5.74) is 4.11. The van der Waals surface area contributed by atoms with Gasteiger partial charge in [-0.2, -0.15) is 0 Å². The number of Topliss-reactive ketones (excluding diaryl/α,β-unsaturated/α-hetero) is 1. The smallest absolute Gasteiger partial charge is 0.252 e. The van der Waals surface area contributed by atoms with Crippen LogP contribution in [0.25, 0.3) is 0 Å². The SMILES string of the molecule is C=CC1=CC=CCC=C1S(N=O)(N=O)N=O.C=CCc1c(OCCCCC(C)(C)CNC(=O)c2ccc(NC)nc2)ccc2c1CCCC2=O. The number of ketones is 1. The number of benzene rings is 1. The summed E-state index contributed by atoms with van der Waals surface area (Å²) in [5, 5.41) is 5.98. The quantitative estimate of drug-likeness (QED) is 0.0934. The van der Waals surface area contributed by atoms with E-state index in [4.69, 9.17) is 4.74 Å². The fourth-order valence-corrected chi connectivity index (χ4v) is 6.69. The fourth-order valence-electron chi connectivity index (χ4n) is 5.58. The number of carbonyl (C=O) groups excluding carboxylic acids is 2. The molecule has 0 radical (unpaired) electrons. The van der Waals surface area contributed by atoms with E-state index in [0.29, 0.717) is 43.6 Å². The van der Waals surface area contributed by atoms with Crippen molar-refractivity contribution in [3.05, 3.63) is 128 Å². The zero-order valence-electron chi connectivity index (χ0n) is 29.0. The Kier molecular flexibility index (Phi) is 15.1. The third kappa shape index (κ3) is 10.5. The Morgan fingerprint density at radius 1 is 1.08 bits per heavy atom. The van der Waals surface area contributed by atoms with Crippen molar-refractivity contribution in [2.24, 2.45) is 19.2 Å². The lowest BCUT2D eigenvalue weighted by molar-refractivity contribution is 0.0931. The number of nitrogens with one attached hydrogen (secondary N) is 2. The predicted octanol–water partition coefficient (Wildman–Crippen LogP) is 9.17. The number of anilines is 1. The van der Waals surface area contributed by atoms with E-state index in [9.17, 15) is 24.3 Å². The number of unbranched alkanes of at least 4 members (excludes halogenated alkanes) is 1. The predicted molar refractivity (Wildman–Crippen MR) is 202 cm³/mol. The van der Waals surface area contributed by atoms with Gasteiger partial charge in [-0.05, 0) is 85.8 Å². The first-order valence-electron chi connectivity index (χ1n) is 16.5. The van der Waals surface area contributed by atoms with Crippen LogP contribution < -0.4 is 15.4 Å². The summed E-state index contributed by atoms with van der Waals surface area (Å²) in [6.45, 7) is 13.0. The summed E-state index contributed by atoms with van der Waals surface area (Å²) in [6, 6.07) is 7.43. The van der Waals surface area contributed by atoms with Crippen molar-refractivity contribution < 1.29 is 14.3 Å². The molecule has 0 fully saturated rings. The molecule has 2 aromatic rings. The number of ether oxygens (including phenoxy) is 1. The fraction of sp³-hybridized carbons (Fsp3) is 0.378. The van der Waals surface area contributed by atoms with Gasteiger partial charge in [0, 0.05) is 51.1 Å². The Morgan fingerprint density at radius 2 is 1.84 bits per heavy atom. The molecular weight excluding hydrogens is 657 g/mol. The van der Waals surface area contributed by atoms with Gasteiger partial charge in [0.2, 0.25) is 0 Å². The van der Waals surface area contributed by atoms with Crippen LogP contribution in [0.2, 0.25) is 0 Å². The molecule has 0 spiro atoms. The van der Waals surface area contributed by atoms with Crippen molar-refractivity contribution in [3.8, 4) is 5.75 Å². The molecule has 50 heavy (non-hydrogen) atoms. The van der Waals surface area contributed by atoms with Crippen LogP contribution in [0.5, 0.6) is 5.75 Å². The molecule has 12 nitrogen and oxygen atoms in total. The Morgan fingerprint density at radius 3 is 2.48 bits per heavy atom. The van der Waals surface area contributed by atoms with Crippen molar-refractivity contribution in [1.82, 2.24) is 10.3 Å². The number of rotatable bonds is 17. The van der Waals surface area contributed by atoms with Crippen molar-refractivity contribution in [3.63, 3.8) is 0 Å². The molecule has 266 valence electrons. The van der Waals surface area contributed by atoms with Crippen LogP contribution in [0.4, 0.5) is 5.82 Å². The van der Waals surface area contributed by atoms with E-state index in [0.717, 1.165) is 60.4 Å². The Hall–Kier alpha value is -5.04. The molecule has 0 atom stereocenters. The van der Waals surface area contributed by atoms with Gasteiger partial charge in [0.25, 0.3) is 5.91 Å². The number of pyridine rings is 1. The minimum absolute atomic E-state index is 0.0197. The number of aromatic nitrogens is 1. The van der Waals surface area contributed by atoms with Crippen LogP contribution in [0.1, 0.15) is 84.2 Å². The number of nitrogens with zero attached hydrogens (tertiary/aromatic N) is 4. The average molecular weight is 703 g/mol. The summed E-state index contributed by atoms with van der Waals surface area (Å²) in [7, 11) is -1.61. The molecule has 0 aliphatic heterocycles. The van der Waals surface area contributed by atoms with E-state index in [1.54, 1.807) is 43.6 Å².